The molecule has 0 unspecified atom stereocenters. The molecule has 0 heterocycles. The SMILES string of the molecule is CC[C@H](C)c1ccc(NC(=O)COC(=O)c2ccc(C)c(C)c2)cc1. The van der Waals surface area contributed by atoms with E-state index in [2.05, 4.69) is 19.2 Å². The van der Waals surface area contributed by atoms with E-state index < -0.39 is 5.97 Å². The highest BCUT2D eigenvalue weighted by Crippen LogP contribution is 2.20. The number of carbonyl (C=O) groups excluding carboxylic acids is 2. The van der Waals surface area contributed by atoms with Crippen LogP contribution in [0.25, 0.3) is 0 Å². The highest BCUT2D eigenvalue weighted by molar-refractivity contribution is 5.95. The third-order valence-electron chi connectivity index (χ3n) is 4.45. The van der Waals surface area contributed by atoms with Crippen LogP contribution in [0.3, 0.4) is 0 Å². The fourth-order valence-corrected chi connectivity index (χ4v) is 2.41. The van der Waals surface area contributed by atoms with Gasteiger partial charge in [0.25, 0.3) is 5.91 Å². The van der Waals surface area contributed by atoms with Crippen LogP contribution >= 0.6 is 0 Å². The molecule has 0 bridgehead atoms. The molecule has 0 saturated carbocycles. The van der Waals surface area contributed by atoms with Gasteiger partial charge in [0.1, 0.15) is 0 Å². The first-order valence-corrected chi connectivity index (χ1v) is 8.55. The molecule has 0 aliphatic carbocycles. The maximum atomic E-state index is 12.0. The van der Waals surface area contributed by atoms with E-state index in [0.717, 1.165) is 17.5 Å². The lowest BCUT2D eigenvalue weighted by molar-refractivity contribution is -0.119. The largest absolute Gasteiger partial charge is 0.452 e. The number of hydrogen-bond acceptors (Lipinski definition) is 3. The van der Waals surface area contributed by atoms with Crippen LogP contribution in [0.1, 0.15) is 53.2 Å². The van der Waals surface area contributed by atoms with E-state index in [1.54, 1.807) is 12.1 Å². The van der Waals surface area contributed by atoms with Crippen LogP contribution in [0.15, 0.2) is 42.5 Å². The average Bonchev–Trinajstić information content (AvgIpc) is 2.62. The molecule has 2 rings (SSSR count). The molecule has 25 heavy (non-hydrogen) atoms. The minimum Gasteiger partial charge on any atom is -0.452 e. The van der Waals surface area contributed by atoms with Gasteiger partial charge >= 0.3 is 5.97 Å². The quantitative estimate of drug-likeness (QED) is 0.782. The summed E-state index contributed by atoms with van der Waals surface area (Å²) < 4.78 is 5.09. The fraction of sp³-hybridized carbons (Fsp3) is 0.333. The highest BCUT2D eigenvalue weighted by Gasteiger charge is 2.11. The lowest BCUT2D eigenvalue weighted by Crippen LogP contribution is -2.21. The van der Waals surface area contributed by atoms with Crippen molar-refractivity contribution in [3.8, 4) is 0 Å². The van der Waals surface area contributed by atoms with E-state index in [-0.39, 0.29) is 12.5 Å². The van der Waals surface area contributed by atoms with Crippen LogP contribution in [0.2, 0.25) is 0 Å². The Morgan fingerprint density at radius 1 is 1.04 bits per heavy atom. The summed E-state index contributed by atoms with van der Waals surface area (Å²) in [6, 6.07) is 13.1. The Bertz CT molecular complexity index is 750. The van der Waals surface area contributed by atoms with Crippen LogP contribution in [0.5, 0.6) is 0 Å². The molecule has 1 N–H and O–H groups in total. The molecular weight excluding hydrogens is 314 g/mol. The van der Waals surface area contributed by atoms with Crippen molar-refractivity contribution in [2.45, 2.75) is 40.0 Å². The van der Waals surface area contributed by atoms with Gasteiger partial charge in [-0.05, 0) is 67.1 Å². The molecule has 1 amide bonds. The Hall–Kier alpha value is -2.62. The monoisotopic (exact) mass is 339 g/mol. The molecule has 0 radical (unpaired) electrons. The van der Waals surface area contributed by atoms with Gasteiger partial charge in [-0.1, -0.05) is 32.0 Å². The van der Waals surface area contributed by atoms with Gasteiger partial charge in [0, 0.05) is 5.69 Å². The molecule has 4 heteroatoms. The van der Waals surface area contributed by atoms with Gasteiger partial charge in [-0.15, -0.1) is 0 Å². The molecule has 4 nitrogen and oxygen atoms in total. The summed E-state index contributed by atoms with van der Waals surface area (Å²) in [5, 5.41) is 2.74. The van der Waals surface area contributed by atoms with E-state index in [4.69, 9.17) is 4.74 Å². The van der Waals surface area contributed by atoms with Crippen molar-refractivity contribution in [3.05, 3.63) is 64.7 Å². The molecule has 0 spiro atoms. The first-order valence-electron chi connectivity index (χ1n) is 8.55. The van der Waals surface area contributed by atoms with Crippen molar-refractivity contribution in [3.63, 3.8) is 0 Å². The second-order valence-corrected chi connectivity index (χ2v) is 6.35. The molecule has 0 aliphatic heterocycles. The van der Waals surface area contributed by atoms with E-state index >= 15 is 0 Å². The number of nitrogens with one attached hydrogen (secondary N) is 1. The van der Waals surface area contributed by atoms with Crippen molar-refractivity contribution in [2.75, 3.05) is 11.9 Å². The van der Waals surface area contributed by atoms with E-state index in [1.807, 2.05) is 44.2 Å². The zero-order valence-corrected chi connectivity index (χ0v) is 15.3. The summed E-state index contributed by atoms with van der Waals surface area (Å²) in [4.78, 5) is 24.0. The standard InChI is InChI=1S/C21H25NO3/c1-5-14(2)17-8-10-19(11-9-17)22-20(23)13-25-21(24)18-7-6-15(3)16(4)12-18/h6-12,14H,5,13H2,1-4H3,(H,22,23)/t14-/m0/s1. The predicted molar refractivity (Wildman–Crippen MR) is 100.0 cm³/mol. The maximum Gasteiger partial charge on any atom is 0.338 e. The Morgan fingerprint density at radius 3 is 2.32 bits per heavy atom. The molecule has 0 aromatic heterocycles. The van der Waals surface area contributed by atoms with Gasteiger partial charge in [-0.2, -0.15) is 0 Å². The number of benzene rings is 2. The number of amides is 1. The zero-order chi connectivity index (χ0) is 18.4. The van der Waals surface area contributed by atoms with Gasteiger partial charge in [-0.3, -0.25) is 4.79 Å². The lowest BCUT2D eigenvalue weighted by Gasteiger charge is -2.11. The Labute approximate surface area is 149 Å². The smallest absolute Gasteiger partial charge is 0.338 e. The third kappa shape index (κ3) is 5.18. The van der Waals surface area contributed by atoms with Crippen LogP contribution < -0.4 is 5.32 Å². The lowest BCUT2D eigenvalue weighted by atomic mass is 9.99. The fourth-order valence-electron chi connectivity index (χ4n) is 2.41. The summed E-state index contributed by atoms with van der Waals surface area (Å²) in [6.45, 7) is 7.91. The van der Waals surface area contributed by atoms with Crippen molar-refractivity contribution in [2.24, 2.45) is 0 Å². The van der Waals surface area contributed by atoms with E-state index in [1.165, 1.54) is 5.56 Å². The van der Waals surface area contributed by atoms with Gasteiger partial charge in [0.05, 0.1) is 5.56 Å². The number of esters is 1. The van der Waals surface area contributed by atoms with Crippen LogP contribution in [-0.4, -0.2) is 18.5 Å². The number of anilines is 1. The second kappa shape index (κ2) is 8.47. The van der Waals surface area contributed by atoms with Crippen LogP contribution in [0, 0.1) is 13.8 Å². The van der Waals surface area contributed by atoms with Crippen LogP contribution in [0.4, 0.5) is 5.69 Å². The summed E-state index contributed by atoms with van der Waals surface area (Å²) in [5.74, 6) is -0.359. The normalized spacial score (nSPS) is 11.7. The predicted octanol–water partition coefficient (Wildman–Crippen LogP) is 4.61. The second-order valence-electron chi connectivity index (χ2n) is 6.35. The summed E-state index contributed by atoms with van der Waals surface area (Å²) in [6.07, 6.45) is 1.07. The molecular formula is C21H25NO3. The molecule has 2 aromatic carbocycles. The number of aryl methyl sites for hydroxylation is 2. The molecule has 0 aliphatic rings. The zero-order valence-electron chi connectivity index (χ0n) is 15.3. The van der Waals surface area contributed by atoms with Gasteiger partial charge in [0.2, 0.25) is 0 Å². The Kier molecular flexibility index (Phi) is 6.34. The summed E-state index contributed by atoms with van der Waals surface area (Å²) in [7, 11) is 0. The van der Waals surface area contributed by atoms with E-state index in [0.29, 0.717) is 17.2 Å². The van der Waals surface area contributed by atoms with Crippen molar-refractivity contribution < 1.29 is 14.3 Å². The Balaban J connectivity index is 1.87. The van der Waals surface area contributed by atoms with Gasteiger partial charge < -0.3 is 10.1 Å². The molecule has 0 fully saturated rings. The first-order chi connectivity index (χ1) is 11.9. The summed E-state index contributed by atoms with van der Waals surface area (Å²) >= 11 is 0. The van der Waals surface area contributed by atoms with E-state index in [9.17, 15) is 9.59 Å². The summed E-state index contributed by atoms with van der Waals surface area (Å²) in [5.41, 5.74) is 4.50. The number of rotatable bonds is 6. The molecule has 0 saturated heterocycles. The van der Waals surface area contributed by atoms with Gasteiger partial charge in [-0.25, -0.2) is 4.79 Å². The highest BCUT2D eigenvalue weighted by atomic mass is 16.5. The molecule has 1 atom stereocenters. The number of ether oxygens (including phenoxy) is 1. The van der Waals surface area contributed by atoms with Crippen molar-refractivity contribution in [1.29, 1.82) is 0 Å². The minimum absolute atomic E-state index is 0.307. The topological polar surface area (TPSA) is 55.4 Å². The first kappa shape index (κ1) is 18.7. The van der Waals surface area contributed by atoms with Crippen molar-refractivity contribution in [1.82, 2.24) is 0 Å². The maximum absolute atomic E-state index is 12.0. The minimum atomic E-state index is -0.495. The molecule has 2 aromatic rings. The number of hydrogen-bond donors (Lipinski definition) is 1. The van der Waals surface area contributed by atoms with Crippen molar-refractivity contribution >= 4 is 17.6 Å². The molecule has 132 valence electrons. The van der Waals surface area contributed by atoms with Gasteiger partial charge in [0.15, 0.2) is 6.61 Å². The number of carbonyl (C=O) groups is 2. The average molecular weight is 339 g/mol. The van der Waals surface area contributed by atoms with Crippen LogP contribution in [-0.2, 0) is 9.53 Å². The third-order valence-corrected chi connectivity index (χ3v) is 4.45. The Morgan fingerprint density at radius 2 is 1.72 bits per heavy atom.